The van der Waals surface area contributed by atoms with Crippen LogP contribution in [0.15, 0.2) is 0 Å². The van der Waals surface area contributed by atoms with Gasteiger partial charge in [0.05, 0.1) is 6.61 Å². The van der Waals surface area contributed by atoms with E-state index in [1.807, 2.05) is 6.92 Å². The smallest absolute Gasteiger partial charge is 0.133 e. The fourth-order valence-corrected chi connectivity index (χ4v) is 3.26. The summed E-state index contributed by atoms with van der Waals surface area (Å²) in [6.45, 7) is 14.8. The summed E-state index contributed by atoms with van der Waals surface area (Å²) in [5.74, 6) is 0.975. The number of nitrogens with one attached hydrogen (secondary N) is 1. The summed E-state index contributed by atoms with van der Waals surface area (Å²) in [5, 5.41) is 3.68. The first-order chi connectivity index (χ1) is 10.5. The van der Waals surface area contributed by atoms with Crippen LogP contribution in [0.2, 0.25) is 0 Å². The van der Waals surface area contributed by atoms with E-state index in [0.717, 1.165) is 52.1 Å². The molecule has 0 aromatic rings. The summed E-state index contributed by atoms with van der Waals surface area (Å²) in [6.07, 6.45) is 3.08. The highest BCUT2D eigenvalue weighted by molar-refractivity contribution is 5.78. The van der Waals surface area contributed by atoms with Gasteiger partial charge in [0.2, 0.25) is 0 Å². The monoisotopic (exact) mass is 314 g/mol. The van der Waals surface area contributed by atoms with Gasteiger partial charge in [0.25, 0.3) is 0 Å². The predicted octanol–water partition coefficient (Wildman–Crippen LogP) is 2.96. The average molecular weight is 315 g/mol. The molecule has 0 bridgehead atoms. The maximum absolute atomic E-state index is 11.9. The molecule has 0 aliphatic rings. The molecule has 4 heteroatoms. The summed E-state index contributed by atoms with van der Waals surface area (Å²) >= 11 is 0. The second kappa shape index (κ2) is 13.0. The molecule has 0 aliphatic carbocycles. The Hall–Kier alpha value is -0.450. The van der Waals surface area contributed by atoms with Gasteiger partial charge in [-0.2, -0.15) is 0 Å². The SMILES string of the molecule is CCOCCN(C)CCNC(CC)C(CC)C(CC)C(C)=O. The van der Waals surface area contributed by atoms with Gasteiger partial charge in [-0.1, -0.05) is 27.2 Å². The minimum Gasteiger partial charge on any atom is -0.380 e. The molecule has 3 unspecified atom stereocenters. The molecule has 1 N–H and O–H groups in total. The van der Waals surface area contributed by atoms with E-state index in [9.17, 15) is 4.79 Å². The van der Waals surface area contributed by atoms with Crippen LogP contribution >= 0.6 is 0 Å². The van der Waals surface area contributed by atoms with Crippen molar-refractivity contribution in [3.8, 4) is 0 Å². The van der Waals surface area contributed by atoms with Gasteiger partial charge in [-0.05, 0) is 39.7 Å². The Kier molecular flexibility index (Phi) is 12.8. The van der Waals surface area contributed by atoms with Gasteiger partial charge in [0, 0.05) is 38.2 Å². The summed E-state index contributed by atoms with van der Waals surface area (Å²) in [4.78, 5) is 14.2. The van der Waals surface area contributed by atoms with Gasteiger partial charge in [-0.25, -0.2) is 0 Å². The van der Waals surface area contributed by atoms with E-state index in [-0.39, 0.29) is 5.92 Å². The van der Waals surface area contributed by atoms with Crippen molar-refractivity contribution in [3.63, 3.8) is 0 Å². The third kappa shape index (κ3) is 8.25. The van der Waals surface area contributed by atoms with E-state index in [1.165, 1.54) is 0 Å². The van der Waals surface area contributed by atoms with Crippen molar-refractivity contribution in [2.75, 3.05) is 39.9 Å². The zero-order valence-electron chi connectivity index (χ0n) is 15.7. The molecule has 0 aliphatic heterocycles. The molecule has 4 nitrogen and oxygen atoms in total. The lowest BCUT2D eigenvalue weighted by Gasteiger charge is -2.32. The summed E-state index contributed by atoms with van der Waals surface area (Å²) in [5.41, 5.74) is 0. The minimum absolute atomic E-state index is 0.193. The molecule has 0 aromatic heterocycles. The molecule has 0 saturated carbocycles. The maximum Gasteiger partial charge on any atom is 0.133 e. The van der Waals surface area contributed by atoms with Gasteiger partial charge in [0.15, 0.2) is 0 Å². The molecule has 22 heavy (non-hydrogen) atoms. The molecule has 0 spiro atoms. The van der Waals surface area contributed by atoms with E-state index in [1.54, 1.807) is 6.92 Å². The quantitative estimate of drug-likeness (QED) is 0.501. The predicted molar refractivity (Wildman–Crippen MR) is 94.3 cm³/mol. The van der Waals surface area contributed by atoms with Crippen LogP contribution in [0.4, 0.5) is 0 Å². The Labute approximate surface area is 138 Å². The van der Waals surface area contributed by atoms with Crippen molar-refractivity contribution in [2.45, 2.75) is 59.9 Å². The van der Waals surface area contributed by atoms with Crippen LogP contribution in [0.5, 0.6) is 0 Å². The number of carbonyl (C=O) groups excluding carboxylic acids is 1. The Morgan fingerprint density at radius 3 is 2.23 bits per heavy atom. The second-order valence-corrected chi connectivity index (χ2v) is 6.17. The molecule has 0 heterocycles. The molecule has 0 aromatic carbocycles. The molecule has 0 radical (unpaired) electrons. The third-order valence-corrected chi connectivity index (χ3v) is 4.63. The van der Waals surface area contributed by atoms with Crippen LogP contribution in [-0.2, 0) is 9.53 Å². The van der Waals surface area contributed by atoms with Crippen molar-refractivity contribution in [1.82, 2.24) is 10.2 Å². The number of hydrogen-bond donors (Lipinski definition) is 1. The van der Waals surface area contributed by atoms with E-state index in [0.29, 0.717) is 17.7 Å². The highest BCUT2D eigenvalue weighted by Crippen LogP contribution is 2.25. The van der Waals surface area contributed by atoms with Gasteiger partial charge < -0.3 is 15.0 Å². The van der Waals surface area contributed by atoms with Crippen molar-refractivity contribution in [2.24, 2.45) is 11.8 Å². The van der Waals surface area contributed by atoms with Crippen LogP contribution in [-0.4, -0.2) is 56.6 Å². The lowest BCUT2D eigenvalue weighted by Crippen LogP contribution is -2.43. The van der Waals surface area contributed by atoms with Gasteiger partial charge in [0.1, 0.15) is 5.78 Å². The fourth-order valence-electron chi connectivity index (χ4n) is 3.26. The second-order valence-electron chi connectivity index (χ2n) is 6.17. The molecule has 0 saturated heterocycles. The minimum atomic E-state index is 0.193. The van der Waals surface area contributed by atoms with E-state index in [4.69, 9.17) is 4.74 Å². The van der Waals surface area contributed by atoms with Crippen molar-refractivity contribution in [3.05, 3.63) is 0 Å². The summed E-state index contributed by atoms with van der Waals surface area (Å²) in [6, 6.07) is 0.430. The standard InChI is InChI=1S/C18H38N2O2/c1-7-16(15(5)21)17(8-2)18(9-3)19-11-12-20(6)13-14-22-10-4/h16-19H,7-14H2,1-6H3. The number of hydrogen-bond acceptors (Lipinski definition) is 4. The van der Waals surface area contributed by atoms with Crippen molar-refractivity contribution < 1.29 is 9.53 Å². The maximum atomic E-state index is 11.9. The van der Waals surface area contributed by atoms with Crippen LogP contribution in [0.3, 0.4) is 0 Å². The van der Waals surface area contributed by atoms with Crippen LogP contribution < -0.4 is 5.32 Å². The van der Waals surface area contributed by atoms with Crippen LogP contribution in [0.1, 0.15) is 53.9 Å². The first-order valence-corrected chi connectivity index (χ1v) is 9.01. The number of carbonyl (C=O) groups is 1. The molecular formula is C18H38N2O2. The summed E-state index contributed by atoms with van der Waals surface area (Å²) < 4.78 is 5.38. The number of ketones is 1. The Morgan fingerprint density at radius 2 is 1.77 bits per heavy atom. The highest BCUT2D eigenvalue weighted by Gasteiger charge is 2.28. The topological polar surface area (TPSA) is 41.6 Å². The van der Waals surface area contributed by atoms with Gasteiger partial charge in [-0.15, -0.1) is 0 Å². The Balaban J connectivity index is 4.30. The summed E-state index contributed by atoms with van der Waals surface area (Å²) in [7, 11) is 2.13. The number of nitrogens with zero attached hydrogens (tertiary/aromatic N) is 1. The zero-order valence-corrected chi connectivity index (χ0v) is 15.7. The van der Waals surface area contributed by atoms with E-state index in [2.05, 4.69) is 38.0 Å². The third-order valence-electron chi connectivity index (χ3n) is 4.63. The Bertz CT molecular complexity index is 284. The molecule has 0 rings (SSSR count). The van der Waals surface area contributed by atoms with E-state index < -0.39 is 0 Å². The lowest BCUT2D eigenvalue weighted by atomic mass is 9.79. The first-order valence-electron chi connectivity index (χ1n) is 9.01. The lowest BCUT2D eigenvalue weighted by molar-refractivity contribution is -0.123. The molecule has 132 valence electrons. The number of likely N-dealkylation sites (N-methyl/N-ethyl adjacent to an activating group) is 1. The largest absolute Gasteiger partial charge is 0.380 e. The van der Waals surface area contributed by atoms with Gasteiger partial charge >= 0.3 is 0 Å². The van der Waals surface area contributed by atoms with Crippen molar-refractivity contribution in [1.29, 1.82) is 0 Å². The number of Topliss-reactive ketones (excluding diaryl/α,β-unsaturated/α-hetero) is 1. The van der Waals surface area contributed by atoms with Gasteiger partial charge in [-0.3, -0.25) is 4.79 Å². The first kappa shape index (κ1) is 21.6. The number of rotatable bonds is 14. The normalized spacial score (nSPS) is 15.8. The van der Waals surface area contributed by atoms with E-state index >= 15 is 0 Å². The van der Waals surface area contributed by atoms with Crippen LogP contribution in [0, 0.1) is 11.8 Å². The zero-order chi connectivity index (χ0) is 17.0. The fraction of sp³-hybridized carbons (Fsp3) is 0.944. The Morgan fingerprint density at radius 1 is 1.09 bits per heavy atom. The van der Waals surface area contributed by atoms with Crippen molar-refractivity contribution >= 4 is 5.78 Å². The molecule has 0 fully saturated rings. The highest BCUT2D eigenvalue weighted by atomic mass is 16.5. The number of ether oxygens (including phenoxy) is 1. The molecular weight excluding hydrogens is 276 g/mol. The molecule has 0 amide bonds. The average Bonchev–Trinajstić information content (AvgIpc) is 2.49. The molecule has 3 atom stereocenters. The van der Waals surface area contributed by atoms with Crippen LogP contribution in [0.25, 0.3) is 0 Å².